The minimum absolute atomic E-state index is 0.00290. The molecular formula is C11H14ClN3O3S. The number of nitrogen functional groups attached to an aromatic ring is 1. The van der Waals surface area contributed by atoms with Crippen molar-refractivity contribution >= 4 is 40.6 Å². The highest BCUT2D eigenvalue weighted by molar-refractivity contribution is 7.98. The Morgan fingerprint density at radius 3 is 2.79 bits per heavy atom. The van der Waals surface area contributed by atoms with Crippen molar-refractivity contribution in [3.05, 3.63) is 32.8 Å². The fourth-order valence-electron chi connectivity index (χ4n) is 1.49. The fourth-order valence-corrected chi connectivity index (χ4v) is 2.29. The molecule has 0 fully saturated rings. The van der Waals surface area contributed by atoms with Crippen LogP contribution in [0.2, 0.25) is 5.02 Å². The maximum absolute atomic E-state index is 12.0. The number of hydrogen-bond acceptors (Lipinski definition) is 5. The zero-order valence-electron chi connectivity index (χ0n) is 10.5. The number of nitrogens with one attached hydrogen (secondary N) is 1. The van der Waals surface area contributed by atoms with E-state index in [0.29, 0.717) is 0 Å². The quantitative estimate of drug-likeness (QED) is 0.494. The third-order valence-corrected chi connectivity index (χ3v) is 3.51. The molecule has 0 aromatic heterocycles. The molecule has 1 rings (SSSR count). The number of non-ortho nitro benzene ring substituents is 1. The molecule has 6 nitrogen and oxygen atoms in total. The van der Waals surface area contributed by atoms with Crippen LogP contribution in [0.15, 0.2) is 12.1 Å². The van der Waals surface area contributed by atoms with Crippen LogP contribution in [0, 0.1) is 10.1 Å². The third-order valence-electron chi connectivity index (χ3n) is 2.36. The number of benzene rings is 1. The van der Waals surface area contributed by atoms with Crippen molar-refractivity contribution in [3.8, 4) is 0 Å². The van der Waals surface area contributed by atoms with Gasteiger partial charge in [-0.2, -0.15) is 11.8 Å². The van der Waals surface area contributed by atoms with Crippen LogP contribution in [0.1, 0.15) is 17.3 Å². The lowest BCUT2D eigenvalue weighted by Gasteiger charge is -2.14. The van der Waals surface area contributed by atoms with E-state index in [-0.39, 0.29) is 28.0 Å². The predicted octanol–water partition coefficient (Wildman–Crippen LogP) is 2.31. The van der Waals surface area contributed by atoms with Crippen LogP contribution in [0.3, 0.4) is 0 Å². The largest absolute Gasteiger partial charge is 0.397 e. The zero-order valence-corrected chi connectivity index (χ0v) is 12.0. The second kappa shape index (κ2) is 6.63. The van der Waals surface area contributed by atoms with Crippen molar-refractivity contribution in [1.29, 1.82) is 0 Å². The smallest absolute Gasteiger partial charge is 0.271 e. The van der Waals surface area contributed by atoms with Gasteiger partial charge in [0.25, 0.3) is 11.6 Å². The van der Waals surface area contributed by atoms with Gasteiger partial charge in [-0.15, -0.1) is 0 Å². The Labute approximate surface area is 119 Å². The van der Waals surface area contributed by atoms with Gasteiger partial charge in [0.15, 0.2) is 0 Å². The van der Waals surface area contributed by atoms with Crippen LogP contribution in [-0.4, -0.2) is 28.9 Å². The van der Waals surface area contributed by atoms with Crippen molar-refractivity contribution in [1.82, 2.24) is 5.32 Å². The topological polar surface area (TPSA) is 98.3 Å². The fraction of sp³-hybridized carbons (Fsp3) is 0.364. The molecule has 3 N–H and O–H groups in total. The second-order valence-corrected chi connectivity index (χ2v) is 5.29. The van der Waals surface area contributed by atoms with Crippen molar-refractivity contribution in [3.63, 3.8) is 0 Å². The number of nitro benzene ring substituents is 1. The summed E-state index contributed by atoms with van der Waals surface area (Å²) < 4.78 is 0. The van der Waals surface area contributed by atoms with E-state index in [9.17, 15) is 14.9 Å². The molecule has 0 radical (unpaired) electrons. The van der Waals surface area contributed by atoms with Crippen LogP contribution in [0.5, 0.6) is 0 Å². The standard InChI is InChI=1S/C11H14ClN3O3S/c1-6(5-19-2)14-11(16)8-3-7(15(17)18)4-9(12)10(8)13/h3-4,6H,5,13H2,1-2H3,(H,14,16). The molecule has 0 aliphatic rings. The van der Waals surface area contributed by atoms with E-state index in [2.05, 4.69) is 5.32 Å². The van der Waals surface area contributed by atoms with Crippen molar-refractivity contribution in [2.45, 2.75) is 13.0 Å². The van der Waals surface area contributed by atoms with Gasteiger partial charge in [0, 0.05) is 23.9 Å². The zero-order chi connectivity index (χ0) is 14.6. The lowest BCUT2D eigenvalue weighted by atomic mass is 10.1. The highest BCUT2D eigenvalue weighted by Gasteiger charge is 2.19. The van der Waals surface area contributed by atoms with E-state index in [4.69, 9.17) is 17.3 Å². The van der Waals surface area contributed by atoms with Crippen LogP contribution in [0.4, 0.5) is 11.4 Å². The van der Waals surface area contributed by atoms with Crippen LogP contribution < -0.4 is 11.1 Å². The summed E-state index contributed by atoms with van der Waals surface area (Å²) in [6.45, 7) is 1.84. The summed E-state index contributed by atoms with van der Waals surface area (Å²) in [6.07, 6.45) is 1.92. The van der Waals surface area contributed by atoms with Gasteiger partial charge in [0.1, 0.15) is 0 Å². The molecule has 1 aromatic rings. The molecule has 1 amide bonds. The van der Waals surface area contributed by atoms with Gasteiger partial charge in [0.2, 0.25) is 0 Å². The van der Waals surface area contributed by atoms with Gasteiger partial charge in [-0.1, -0.05) is 11.6 Å². The van der Waals surface area contributed by atoms with Crippen molar-refractivity contribution in [2.24, 2.45) is 0 Å². The normalized spacial score (nSPS) is 11.9. The number of amides is 1. The summed E-state index contributed by atoms with van der Waals surface area (Å²) >= 11 is 7.37. The lowest BCUT2D eigenvalue weighted by Crippen LogP contribution is -2.34. The number of thioether (sulfide) groups is 1. The summed E-state index contributed by atoms with van der Waals surface area (Å²) in [5.41, 5.74) is 5.48. The maximum Gasteiger partial charge on any atom is 0.271 e. The number of nitrogens with zero attached hydrogens (tertiary/aromatic N) is 1. The number of nitro groups is 1. The number of halogens is 1. The summed E-state index contributed by atoms with van der Waals surface area (Å²) in [5, 5.41) is 13.4. The summed E-state index contributed by atoms with van der Waals surface area (Å²) in [4.78, 5) is 22.1. The summed E-state index contributed by atoms with van der Waals surface area (Å²) in [6, 6.07) is 2.18. The molecule has 1 unspecified atom stereocenters. The van der Waals surface area contributed by atoms with Gasteiger partial charge < -0.3 is 11.1 Å². The molecule has 8 heteroatoms. The van der Waals surface area contributed by atoms with E-state index in [1.54, 1.807) is 11.8 Å². The minimum atomic E-state index is -0.618. The van der Waals surface area contributed by atoms with Crippen LogP contribution in [0.25, 0.3) is 0 Å². The molecule has 104 valence electrons. The molecule has 19 heavy (non-hydrogen) atoms. The molecule has 1 aromatic carbocycles. The Balaban J connectivity index is 3.05. The third kappa shape index (κ3) is 4.00. The highest BCUT2D eigenvalue weighted by atomic mass is 35.5. The first-order valence-electron chi connectivity index (χ1n) is 5.40. The van der Waals surface area contributed by atoms with E-state index < -0.39 is 10.8 Å². The molecule has 0 saturated heterocycles. The van der Waals surface area contributed by atoms with E-state index >= 15 is 0 Å². The lowest BCUT2D eigenvalue weighted by molar-refractivity contribution is -0.384. The Hall–Kier alpha value is -1.47. The van der Waals surface area contributed by atoms with Gasteiger partial charge in [0.05, 0.1) is 21.2 Å². The van der Waals surface area contributed by atoms with Gasteiger partial charge >= 0.3 is 0 Å². The second-order valence-electron chi connectivity index (χ2n) is 3.98. The monoisotopic (exact) mass is 303 g/mol. The average molecular weight is 304 g/mol. The highest BCUT2D eigenvalue weighted by Crippen LogP contribution is 2.28. The molecule has 0 heterocycles. The number of carbonyl (C=O) groups is 1. The molecular weight excluding hydrogens is 290 g/mol. The molecule has 0 spiro atoms. The van der Waals surface area contributed by atoms with E-state index in [1.807, 2.05) is 13.2 Å². The first kappa shape index (κ1) is 15.6. The number of nitrogens with two attached hydrogens (primary N) is 1. The predicted molar refractivity (Wildman–Crippen MR) is 77.8 cm³/mol. The van der Waals surface area contributed by atoms with Gasteiger partial charge in [-0.05, 0) is 13.2 Å². The molecule has 1 atom stereocenters. The Morgan fingerprint density at radius 2 is 2.26 bits per heavy atom. The van der Waals surface area contributed by atoms with Crippen LogP contribution in [-0.2, 0) is 0 Å². The van der Waals surface area contributed by atoms with Crippen LogP contribution >= 0.6 is 23.4 Å². The van der Waals surface area contributed by atoms with E-state index in [1.165, 1.54) is 0 Å². The SMILES string of the molecule is CSCC(C)NC(=O)c1cc([N+](=O)[O-])cc(Cl)c1N. The Bertz CT molecular complexity index is 510. The molecule has 0 aliphatic carbocycles. The van der Waals surface area contributed by atoms with Crippen molar-refractivity contribution < 1.29 is 9.72 Å². The number of carbonyl (C=O) groups excluding carboxylic acids is 1. The average Bonchev–Trinajstić information content (AvgIpc) is 2.32. The molecule has 0 saturated carbocycles. The summed E-state index contributed by atoms with van der Waals surface area (Å²) in [5.74, 6) is 0.263. The number of hydrogen-bond donors (Lipinski definition) is 2. The van der Waals surface area contributed by atoms with Gasteiger partial charge in [-0.25, -0.2) is 0 Å². The molecule has 0 aliphatic heterocycles. The van der Waals surface area contributed by atoms with E-state index in [0.717, 1.165) is 17.9 Å². The number of rotatable bonds is 5. The first-order chi connectivity index (χ1) is 8.86. The van der Waals surface area contributed by atoms with Crippen molar-refractivity contribution in [2.75, 3.05) is 17.7 Å². The first-order valence-corrected chi connectivity index (χ1v) is 7.17. The number of anilines is 1. The Kier molecular flexibility index (Phi) is 5.44. The minimum Gasteiger partial charge on any atom is -0.397 e. The maximum atomic E-state index is 12.0. The molecule has 0 bridgehead atoms. The Morgan fingerprint density at radius 1 is 1.63 bits per heavy atom. The summed E-state index contributed by atoms with van der Waals surface area (Å²) in [7, 11) is 0. The van der Waals surface area contributed by atoms with Gasteiger partial charge in [-0.3, -0.25) is 14.9 Å².